The predicted molar refractivity (Wildman–Crippen MR) is 72.0 cm³/mol. The number of hydrogen-bond donors (Lipinski definition) is 1. The van der Waals surface area contributed by atoms with Crippen LogP contribution in [-0.4, -0.2) is 52.3 Å². The monoisotopic (exact) mass is 300 g/mol. The fourth-order valence-corrected chi connectivity index (χ4v) is 2.64. The van der Waals surface area contributed by atoms with Crippen molar-refractivity contribution in [2.24, 2.45) is 12.8 Å². The van der Waals surface area contributed by atoms with Gasteiger partial charge in [0, 0.05) is 38.9 Å². The minimum absolute atomic E-state index is 0.0902. The van der Waals surface area contributed by atoms with Crippen LogP contribution in [0.1, 0.15) is 12.0 Å². The Labute approximate surface area is 121 Å². The Kier molecular flexibility index (Phi) is 4.29. The maximum Gasteiger partial charge on any atom is 0.240 e. The van der Waals surface area contributed by atoms with E-state index in [4.69, 9.17) is 22.1 Å². The molecule has 1 aromatic heterocycles. The van der Waals surface area contributed by atoms with Crippen molar-refractivity contribution in [1.29, 1.82) is 0 Å². The first-order valence-corrected chi connectivity index (χ1v) is 6.59. The second kappa shape index (κ2) is 5.80. The molecule has 7 nitrogen and oxygen atoms in total. The topological polar surface area (TPSA) is 90.5 Å². The summed E-state index contributed by atoms with van der Waals surface area (Å²) in [6.45, 7) is 0.362. The Hall–Kier alpha value is -1.60. The van der Waals surface area contributed by atoms with Gasteiger partial charge in [0.2, 0.25) is 11.8 Å². The first-order valence-electron chi connectivity index (χ1n) is 6.22. The highest BCUT2D eigenvalue weighted by Crippen LogP contribution is 2.22. The highest BCUT2D eigenvalue weighted by atomic mass is 35.5. The molecular formula is C12H17ClN4O3. The number of hydrogen-bond acceptors (Lipinski definition) is 4. The van der Waals surface area contributed by atoms with Gasteiger partial charge in [-0.15, -0.1) is 0 Å². The van der Waals surface area contributed by atoms with Crippen molar-refractivity contribution in [2.45, 2.75) is 25.0 Å². The number of likely N-dealkylation sites (tertiary alicyclic amines) is 1. The lowest BCUT2D eigenvalue weighted by Crippen LogP contribution is -2.44. The van der Waals surface area contributed by atoms with E-state index in [0.29, 0.717) is 23.7 Å². The summed E-state index contributed by atoms with van der Waals surface area (Å²) in [6, 6.07) is -0.622. The van der Waals surface area contributed by atoms with Crippen molar-refractivity contribution in [3.05, 3.63) is 16.9 Å². The van der Waals surface area contributed by atoms with Crippen molar-refractivity contribution < 1.29 is 14.3 Å². The number of methoxy groups -OCH3 is 1. The first kappa shape index (κ1) is 14.8. The summed E-state index contributed by atoms with van der Waals surface area (Å²) in [7, 11) is 3.28. The third-order valence-electron chi connectivity index (χ3n) is 3.44. The Bertz CT molecular complexity index is 531. The van der Waals surface area contributed by atoms with Gasteiger partial charge in [0.05, 0.1) is 12.5 Å². The summed E-state index contributed by atoms with van der Waals surface area (Å²) < 4.78 is 6.75. The molecule has 1 aromatic rings. The van der Waals surface area contributed by atoms with Gasteiger partial charge in [-0.05, 0) is 0 Å². The number of halogens is 1. The number of nitrogens with two attached hydrogens (primary N) is 1. The van der Waals surface area contributed by atoms with Crippen LogP contribution in [0.25, 0.3) is 0 Å². The zero-order chi connectivity index (χ0) is 14.9. The van der Waals surface area contributed by atoms with Gasteiger partial charge >= 0.3 is 0 Å². The number of carbonyl (C=O) groups is 2. The molecule has 2 amide bonds. The van der Waals surface area contributed by atoms with Gasteiger partial charge in [-0.3, -0.25) is 14.3 Å². The van der Waals surface area contributed by atoms with Crippen LogP contribution in [0.2, 0.25) is 5.15 Å². The third-order valence-corrected chi connectivity index (χ3v) is 3.76. The highest BCUT2D eigenvalue weighted by Gasteiger charge is 2.38. The molecule has 0 aliphatic carbocycles. The molecule has 1 saturated heterocycles. The molecule has 2 heterocycles. The minimum Gasteiger partial charge on any atom is -0.380 e. The van der Waals surface area contributed by atoms with Gasteiger partial charge in [-0.25, -0.2) is 0 Å². The number of ether oxygens (including phenoxy) is 1. The third kappa shape index (κ3) is 2.94. The molecular weight excluding hydrogens is 284 g/mol. The molecule has 110 valence electrons. The van der Waals surface area contributed by atoms with Crippen molar-refractivity contribution in [3.8, 4) is 0 Å². The lowest BCUT2D eigenvalue weighted by Gasteiger charge is -2.21. The van der Waals surface area contributed by atoms with Crippen molar-refractivity contribution in [2.75, 3.05) is 13.7 Å². The number of carbonyl (C=O) groups excluding carboxylic acids is 2. The van der Waals surface area contributed by atoms with Crippen LogP contribution in [0.3, 0.4) is 0 Å². The second-order valence-electron chi connectivity index (χ2n) is 4.85. The average molecular weight is 301 g/mol. The standard InChI is InChI=1S/C12H17ClN4O3/c1-16-5-7(11(13)15-16)3-10(18)17-6-8(20-2)4-9(17)12(14)19/h5,8-9H,3-4,6H2,1-2H3,(H2,14,19)/t8-,9-/m0/s1. The van der Waals surface area contributed by atoms with Crippen molar-refractivity contribution in [1.82, 2.24) is 14.7 Å². The number of aryl methyl sites for hydroxylation is 1. The lowest BCUT2D eigenvalue weighted by atomic mass is 10.1. The van der Waals surface area contributed by atoms with E-state index in [1.54, 1.807) is 25.0 Å². The fraction of sp³-hybridized carbons (Fsp3) is 0.583. The molecule has 1 fully saturated rings. The Morgan fingerprint density at radius 1 is 1.60 bits per heavy atom. The summed E-state index contributed by atoms with van der Waals surface area (Å²) >= 11 is 5.93. The van der Waals surface area contributed by atoms with Crippen LogP contribution in [0.15, 0.2) is 6.20 Å². The molecule has 1 aliphatic rings. The Balaban J connectivity index is 2.11. The van der Waals surface area contributed by atoms with Crippen molar-refractivity contribution >= 4 is 23.4 Å². The molecule has 0 radical (unpaired) electrons. The second-order valence-corrected chi connectivity index (χ2v) is 5.21. The zero-order valence-corrected chi connectivity index (χ0v) is 12.1. The lowest BCUT2D eigenvalue weighted by molar-refractivity contribution is -0.136. The van der Waals surface area contributed by atoms with E-state index in [9.17, 15) is 9.59 Å². The number of rotatable bonds is 4. The quantitative estimate of drug-likeness (QED) is 0.828. The summed E-state index contributed by atoms with van der Waals surface area (Å²) in [4.78, 5) is 25.2. The Morgan fingerprint density at radius 2 is 2.30 bits per heavy atom. The predicted octanol–water partition coefficient (Wildman–Crippen LogP) is -0.283. The van der Waals surface area contributed by atoms with Crippen molar-refractivity contribution in [3.63, 3.8) is 0 Å². The smallest absolute Gasteiger partial charge is 0.240 e. The van der Waals surface area contributed by atoms with Crippen LogP contribution in [0.5, 0.6) is 0 Å². The zero-order valence-electron chi connectivity index (χ0n) is 11.4. The van der Waals surface area contributed by atoms with Gasteiger partial charge in [-0.2, -0.15) is 5.10 Å². The summed E-state index contributed by atoms with van der Waals surface area (Å²) in [5.74, 6) is -0.724. The molecule has 2 atom stereocenters. The van der Waals surface area contributed by atoms with Gasteiger partial charge < -0.3 is 15.4 Å². The van der Waals surface area contributed by atoms with E-state index in [2.05, 4.69) is 5.10 Å². The summed E-state index contributed by atoms with van der Waals surface area (Å²) in [5.41, 5.74) is 5.97. The van der Waals surface area contributed by atoms with Crippen LogP contribution < -0.4 is 5.73 Å². The average Bonchev–Trinajstić information content (AvgIpc) is 2.93. The summed E-state index contributed by atoms with van der Waals surface area (Å²) in [6.07, 6.45) is 2.04. The van der Waals surface area contributed by atoms with E-state index < -0.39 is 11.9 Å². The molecule has 0 spiro atoms. The normalized spacial score (nSPS) is 22.2. The molecule has 20 heavy (non-hydrogen) atoms. The van der Waals surface area contributed by atoms with Gasteiger partial charge in [0.25, 0.3) is 0 Å². The number of amides is 2. The van der Waals surface area contributed by atoms with E-state index >= 15 is 0 Å². The molecule has 0 saturated carbocycles. The van der Waals surface area contributed by atoms with E-state index in [1.807, 2.05) is 0 Å². The van der Waals surface area contributed by atoms with E-state index in [-0.39, 0.29) is 18.4 Å². The number of primary amides is 1. The maximum absolute atomic E-state index is 12.3. The Morgan fingerprint density at radius 3 is 2.80 bits per heavy atom. The highest BCUT2D eigenvalue weighted by molar-refractivity contribution is 6.30. The van der Waals surface area contributed by atoms with Gasteiger partial charge in [0.15, 0.2) is 5.15 Å². The SMILES string of the molecule is CO[C@H]1C[C@@H](C(N)=O)N(C(=O)Cc2cn(C)nc2Cl)C1. The molecule has 1 aliphatic heterocycles. The molecule has 0 bridgehead atoms. The van der Waals surface area contributed by atoms with Crippen LogP contribution >= 0.6 is 11.6 Å². The van der Waals surface area contributed by atoms with Crippen LogP contribution in [0, 0.1) is 0 Å². The van der Waals surface area contributed by atoms with Crippen LogP contribution in [0.4, 0.5) is 0 Å². The van der Waals surface area contributed by atoms with Gasteiger partial charge in [0.1, 0.15) is 6.04 Å². The largest absolute Gasteiger partial charge is 0.380 e. The maximum atomic E-state index is 12.3. The molecule has 2 N–H and O–H groups in total. The molecule has 0 aromatic carbocycles. The van der Waals surface area contributed by atoms with E-state index in [1.165, 1.54) is 4.90 Å². The summed E-state index contributed by atoms with van der Waals surface area (Å²) in [5, 5.41) is 4.26. The van der Waals surface area contributed by atoms with Crippen LogP contribution in [-0.2, 0) is 27.8 Å². The molecule has 8 heteroatoms. The molecule has 2 rings (SSSR count). The fourth-order valence-electron chi connectivity index (χ4n) is 2.41. The van der Waals surface area contributed by atoms with Gasteiger partial charge in [-0.1, -0.05) is 11.6 Å². The first-order chi connectivity index (χ1) is 9.42. The minimum atomic E-state index is -0.622. The number of nitrogens with zero attached hydrogens (tertiary/aromatic N) is 3. The number of aromatic nitrogens is 2. The van der Waals surface area contributed by atoms with E-state index in [0.717, 1.165) is 0 Å². The molecule has 0 unspecified atom stereocenters.